The van der Waals surface area contributed by atoms with Crippen LogP contribution in [-0.2, 0) is 10.5 Å². The fraction of sp³-hybridized carbons (Fsp3) is 0.474. The van der Waals surface area contributed by atoms with Crippen LogP contribution in [0.15, 0.2) is 43.0 Å². The summed E-state index contributed by atoms with van der Waals surface area (Å²) in [5.41, 5.74) is 1.36. The molecule has 1 fully saturated rings. The molecule has 3 heteroatoms. The predicted octanol–water partition coefficient (Wildman–Crippen LogP) is 4.79. The standard InChI is InChI=1S/C19H25OS.Ac/c1-4-17-10-18(15(3)20)11-19(17)14(2)12-21-13-16-8-6-5-7-9-16;/h4-9,14,17-19H,1-2,10-13H2,3H3;/q-1;/t14-,17+,18-,19-;/m0./s1. The van der Waals surface area contributed by atoms with Gasteiger partial charge in [-0.05, 0) is 37.0 Å². The van der Waals surface area contributed by atoms with E-state index in [0.717, 1.165) is 24.3 Å². The van der Waals surface area contributed by atoms with E-state index in [9.17, 15) is 4.79 Å². The molecule has 22 heavy (non-hydrogen) atoms. The van der Waals surface area contributed by atoms with Gasteiger partial charge in [-0.25, -0.2) is 0 Å². The number of hydrogen-bond donors (Lipinski definition) is 0. The van der Waals surface area contributed by atoms with Crippen LogP contribution in [0.25, 0.3) is 0 Å². The Morgan fingerprint density at radius 3 is 2.68 bits per heavy atom. The van der Waals surface area contributed by atoms with Crippen LogP contribution in [0.3, 0.4) is 0 Å². The smallest absolute Gasteiger partial charge is 0.132 e. The van der Waals surface area contributed by atoms with Gasteiger partial charge in [0.1, 0.15) is 5.78 Å². The van der Waals surface area contributed by atoms with Crippen molar-refractivity contribution in [1.82, 2.24) is 0 Å². The number of thioether (sulfide) groups is 1. The van der Waals surface area contributed by atoms with Crippen LogP contribution in [-0.4, -0.2) is 11.5 Å². The molecule has 1 radical (unpaired) electrons. The minimum absolute atomic E-state index is 0. The number of benzene rings is 1. The molecule has 0 bridgehead atoms. The van der Waals surface area contributed by atoms with Gasteiger partial charge < -0.3 is 6.92 Å². The van der Waals surface area contributed by atoms with E-state index in [1.807, 2.05) is 23.9 Å². The summed E-state index contributed by atoms with van der Waals surface area (Å²) in [6.07, 6.45) is 4.00. The normalized spacial score (nSPS) is 25.3. The molecule has 0 aliphatic heterocycles. The first-order chi connectivity index (χ1) is 10.1. The Bertz CT molecular complexity index is 474. The van der Waals surface area contributed by atoms with Crippen molar-refractivity contribution < 1.29 is 48.9 Å². The Kier molecular flexibility index (Phi) is 9.60. The van der Waals surface area contributed by atoms with Crippen molar-refractivity contribution in [2.24, 2.45) is 23.7 Å². The van der Waals surface area contributed by atoms with Crippen molar-refractivity contribution in [3.8, 4) is 0 Å². The van der Waals surface area contributed by atoms with Gasteiger partial charge in [0.2, 0.25) is 0 Å². The Morgan fingerprint density at radius 2 is 2.09 bits per heavy atom. The third-order valence-electron chi connectivity index (χ3n) is 4.59. The topological polar surface area (TPSA) is 17.1 Å². The fourth-order valence-electron chi connectivity index (χ4n) is 3.27. The molecular weight excluding hydrogens is 503 g/mol. The molecule has 4 atom stereocenters. The van der Waals surface area contributed by atoms with Crippen LogP contribution in [0.5, 0.6) is 0 Å². The molecule has 1 aromatic carbocycles. The van der Waals surface area contributed by atoms with E-state index in [1.54, 1.807) is 6.92 Å². The average molecular weight is 528 g/mol. The van der Waals surface area contributed by atoms with Crippen LogP contribution in [0.2, 0.25) is 0 Å². The molecule has 1 saturated carbocycles. The predicted molar refractivity (Wildman–Crippen MR) is 92.0 cm³/mol. The Morgan fingerprint density at radius 1 is 1.41 bits per heavy atom. The third-order valence-corrected chi connectivity index (χ3v) is 5.79. The van der Waals surface area contributed by atoms with Crippen molar-refractivity contribution in [2.75, 3.05) is 5.75 Å². The van der Waals surface area contributed by atoms with E-state index < -0.39 is 0 Å². The van der Waals surface area contributed by atoms with Gasteiger partial charge >= 0.3 is 0 Å². The third kappa shape index (κ3) is 5.81. The summed E-state index contributed by atoms with van der Waals surface area (Å²) in [6, 6.07) is 10.5. The van der Waals surface area contributed by atoms with E-state index in [0.29, 0.717) is 23.5 Å². The van der Waals surface area contributed by atoms with Crippen molar-refractivity contribution in [3.05, 3.63) is 55.5 Å². The number of carbonyl (C=O) groups excluding carboxylic acids is 1. The maximum absolute atomic E-state index is 11.6. The maximum atomic E-state index is 11.6. The van der Waals surface area contributed by atoms with Crippen LogP contribution in [0.1, 0.15) is 25.3 Å². The van der Waals surface area contributed by atoms with Crippen LogP contribution in [0.4, 0.5) is 0 Å². The summed E-state index contributed by atoms with van der Waals surface area (Å²) in [6.45, 7) is 10.0. The fourth-order valence-corrected chi connectivity index (χ4v) is 4.37. The monoisotopic (exact) mass is 528 g/mol. The van der Waals surface area contributed by atoms with Crippen molar-refractivity contribution >= 4 is 17.5 Å². The van der Waals surface area contributed by atoms with E-state index in [1.165, 1.54) is 5.56 Å². The number of allylic oxidation sites excluding steroid dienone is 1. The van der Waals surface area contributed by atoms with E-state index in [-0.39, 0.29) is 50.0 Å². The summed E-state index contributed by atoms with van der Waals surface area (Å²) in [5, 5.41) is 0. The minimum atomic E-state index is 0. The van der Waals surface area contributed by atoms with Crippen LogP contribution in [0, 0.1) is 74.7 Å². The van der Waals surface area contributed by atoms with Crippen LogP contribution < -0.4 is 0 Å². The van der Waals surface area contributed by atoms with Gasteiger partial charge in [-0.3, -0.25) is 4.79 Å². The first-order valence-electron chi connectivity index (χ1n) is 7.69. The van der Waals surface area contributed by atoms with E-state index in [4.69, 9.17) is 0 Å². The summed E-state index contributed by atoms with van der Waals surface area (Å²) in [5.74, 6) is 4.00. The number of carbonyl (C=O) groups is 1. The minimum Gasteiger partial charge on any atom is -0.339 e. The van der Waals surface area contributed by atoms with E-state index in [2.05, 4.69) is 37.8 Å². The Balaban J connectivity index is 0.00000242. The number of rotatable bonds is 7. The molecule has 0 N–H and O–H groups in total. The molecule has 0 spiro atoms. The van der Waals surface area contributed by atoms with Crippen molar-refractivity contribution in [1.29, 1.82) is 0 Å². The van der Waals surface area contributed by atoms with Gasteiger partial charge in [0, 0.05) is 55.7 Å². The second-order valence-electron chi connectivity index (χ2n) is 6.10. The van der Waals surface area contributed by atoms with Gasteiger partial charge in [-0.2, -0.15) is 17.7 Å². The van der Waals surface area contributed by atoms with Gasteiger partial charge in [0.25, 0.3) is 0 Å². The Hall–Kier alpha value is 0.422. The molecule has 117 valence electrons. The first-order valence-corrected chi connectivity index (χ1v) is 8.85. The summed E-state index contributed by atoms with van der Waals surface area (Å²) >= 11 is 1.94. The van der Waals surface area contributed by atoms with Crippen molar-refractivity contribution in [3.63, 3.8) is 0 Å². The molecule has 0 saturated heterocycles. The van der Waals surface area contributed by atoms with Gasteiger partial charge in [-0.15, -0.1) is 6.58 Å². The molecule has 0 amide bonds. The zero-order chi connectivity index (χ0) is 15.2. The molecule has 2 rings (SSSR count). The molecule has 0 aromatic heterocycles. The summed E-state index contributed by atoms with van der Waals surface area (Å²) in [4.78, 5) is 11.6. The maximum Gasteiger partial charge on any atom is 0.132 e. The molecule has 1 aliphatic carbocycles. The van der Waals surface area contributed by atoms with Gasteiger partial charge in [-0.1, -0.05) is 42.3 Å². The number of hydrogen-bond acceptors (Lipinski definition) is 2. The first kappa shape index (κ1) is 20.5. The second kappa shape index (κ2) is 10.3. The van der Waals surface area contributed by atoms with Crippen molar-refractivity contribution in [2.45, 2.75) is 25.5 Å². The molecular formula is C19H25AcOS-. The summed E-state index contributed by atoms with van der Waals surface area (Å²) in [7, 11) is 0. The molecule has 1 aliphatic rings. The molecule has 0 heterocycles. The Labute approximate surface area is 175 Å². The quantitative estimate of drug-likeness (QED) is 0.374. The SMILES string of the molecule is C=C[C@@H]1C[C@H](C(C)=O)C[C@H]1[C@@H]([CH2-])CSCc1ccccc1.[Ac]. The molecule has 0 unspecified atom stereocenters. The zero-order valence-corrected chi connectivity index (χ0v) is 19.0. The number of Topliss-reactive ketones (excluding diaryl/α,β-unsaturated/α-hetero) is 1. The summed E-state index contributed by atoms with van der Waals surface area (Å²) < 4.78 is 0. The van der Waals surface area contributed by atoms with Crippen LogP contribution >= 0.6 is 11.8 Å². The molecule has 1 nitrogen and oxygen atoms in total. The van der Waals surface area contributed by atoms with E-state index >= 15 is 0 Å². The average Bonchev–Trinajstić information content (AvgIpc) is 2.93. The molecule has 1 aromatic rings. The second-order valence-corrected chi connectivity index (χ2v) is 7.13. The largest absolute Gasteiger partial charge is 0.339 e. The van der Waals surface area contributed by atoms with Gasteiger partial charge in [0.05, 0.1) is 0 Å². The zero-order valence-electron chi connectivity index (χ0n) is 13.4. The van der Waals surface area contributed by atoms with Gasteiger partial charge in [0.15, 0.2) is 0 Å². The number of ketones is 1.